The Balaban J connectivity index is 1.36. The second-order valence-electron chi connectivity index (χ2n) is 7.97. The van der Waals surface area contributed by atoms with E-state index in [1.165, 1.54) is 18.9 Å². The summed E-state index contributed by atoms with van der Waals surface area (Å²) in [5.74, 6) is 0.484. The van der Waals surface area contributed by atoms with E-state index in [0.717, 1.165) is 47.6 Å². The van der Waals surface area contributed by atoms with E-state index < -0.39 is 0 Å². The molecule has 1 saturated heterocycles. The van der Waals surface area contributed by atoms with Gasteiger partial charge in [-0.1, -0.05) is 17.7 Å². The highest BCUT2D eigenvalue weighted by Gasteiger charge is 2.16. The van der Waals surface area contributed by atoms with Crippen LogP contribution in [0.4, 0.5) is 0 Å². The summed E-state index contributed by atoms with van der Waals surface area (Å²) < 4.78 is 9.00. The molecule has 0 bridgehead atoms. The lowest BCUT2D eigenvalue weighted by Gasteiger charge is -2.14. The molecule has 0 aliphatic carbocycles. The molecule has 0 atom stereocenters. The Bertz CT molecular complexity index is 1310. The Kier molecular flexibility index (Phi) is 5.91. The Morgan fingerprint density at radius 2 is 1.88 bits per heavy atom. The van der Waals surface area contributed by atoms with Crippen molar-refractivity contribution in [2.45, 2.75) is 26.0 Å². The van der Waals surface area contributed by atoms with E-state index in [-0.39, 0.29) is 12.2 Å². The van der Waals surface area contributed by atoms with Crippen molar-refractivity contribution in [3.05, 3.63) is 87.7 Å². The first kappa shape index (κ1) is 21.1. The van der Waals surface area contributed by atoms with E-state index in [2.05, 4.69) is 16.0 Å². The molecular formula is C24H22Cl2N4O2. The molecule has 0 unspecified atom stereocenters. The maximum atomic E-state index is 12.8. The first-order valence-corrected chi connectivity index (χ1v) is 11.3. The van der Waals surface area contributed by atoms with Crippen molar-refractivity contribution in [3.63, 3.8) is 0 Å². The quantitative estimate of drug-likeness (QED) is 0.398. The number of likely N-dealkylation sites (tertiary alicyclic amines) is 1. The number of fused-ring (bicyclic) bond motifs is 1. The van der Waals surface area contributed by atoms with E-state index in [4.69, 9.17) is 28.1 Å². The Hall–Kier alpha value is -2.80. The van der Waals surface area contributed by atoms with Gasteiger partial charge in [0.1, 0.15) is 12.4 Å². The molecule has 0 radical (unpaired) electrons. The van der Waals surface area contributed by atoms with Crippen LogP contribution in [0.5, 0.6) is 5.75 Å². The average Bonchev–Trinajstić information content (AvgIpc) is 3.42. The smallest absolute Gasteiger partial charge is 0.258 e. The third-order valence-electron chi connectivity index (χ3n) is 5.73. The number of halogens is 2. The normalized spacial score (nSPS) is 14.3. The van der Waals surface area contributed by atoms with E-state index in [1.54, 1.807) is 39.2 Å². The Labute approximate surface area is 195 Å². The second-order valence-corrected chi connectivity index (χ2v) is 8.74. The van der Waals surface area contributed by atoms with Gasteiger partial charge in [-0.05, 0) is 62.3 Å². The fourth-order valence-corrected chi connectivity index (χ4v) is 4.42. The van der Waals surface area contributed by atoms with Crippen molar-refractivity contribution in [2.24, 2.45) is 0 Å². The largest absolute Gasteiger partial charge is 0.487 e. The molecule has 1 fully saturated rings. The van der Waals surface area contributed by atoms with Crippen molar-refractivity contribution < 1.29 is 4.74 Å². The Morgan fingerprint density at radius 1 is 1.03 bits per heavy atom. The zero-order valence-corrected chi connectivity index (χ0v) is 18.9. The maximum Gasteiger partial charge on any atom is 0.258 e. The third kappa shape index (κ3) is 4.39. The van der Waals surface area contributed by atoms with E-state index >= 15 is 0 Å². The molecule has 3 aromatic heterocycles. The molecular weight excluding hydrogens is 447 g/mol. The van der Waals surface area contributed by atoms with E-state index in [0.29, 0.717) is 10.8 Å². The van der Waals surface area contributed by atoms with Crippen LogP contribution in [0.2, 0.25) is 5.02 Å². The van der Waals surface area contributed by atoms with Crippen LogP contribution in [0.1, 0.15) is 24.2 Å². The van der Waals surface area contributed by atoms with E-state index in [9.17, 15) is 4.79 Å². The number of pyridine rings is 2. The van der Waals surface area contributed by atoms with Crippen LogP contribution in [0, 0.1) is 0 Å². The molecule has 0 amide bonds. The molecule has 0 spiro atoms. The summed E-state index contributed by atoms with van der Waals surface area (Å²) in [5.41, 5.74) is 3.25. The SMILES string of the molecule is O=c1cc(OCc2ccc(Cl)cn2)ccn1-c1ccc2cc(CN3CCCC3)n(Cl)c2c1. The van der Waals surface area contributed by atoms with Crippen molar-refractivity contribution in [1.29, 1.82) is 0 Å². The van der Waals surface area contributed by atoms with Gasteiger partial charge in [0.15, 0.2) is 0 Å². The lowest BCUT2D eigenvalue weighted by molar-refractivity contribution is 0.300. The molecule has 0 saturated carbocycles. The minimum Gasteiger partial charge on any atom is -0.487 e. The van der Waals surface area contributed by atoms with Crippen LogP contribution < -0.4 is 10.3 Å². The van der Waals surface area contributed by atoms with Gasteiger partial charge in [-0.15, -0.1) is 0 Å². The fourth-order valence-electron chi connectivity index (χ4n) is 4.06. The molecule has 1 aliphatic heterocycles. The maximum absolute atomic E-state index is 12.8. The summed E-state index contributed by atoms with van der Waals surface area (Å²) in [5, 5.41) is 1.63. The lowest BCUT2D eigenvalue weighted by atomic mass is 10.2. The summed E-state index contributed by atoms with van der Waals surface area (Å²) >= 11 is 12.5. The van der Waals surface area contributed by atoms with Gasteiger partial charge >= 0.3 is 0 Å². The summed E-state index contributed by atoms with van der Waals surface area (Å²) in [6, 6.07) is 14.8. The second kappa shape index (κ2) is 8.98. The van der Waals surface area contributed by atoms with Crippen LogP contribution >= 0.6 is 23.4 Å². The molecule has 164 valence electrons. The zero-order valence-electron chi connectivity index (χ0n) is 17.4. The number of benzene rings is 1. The number of nitrogens with zero attached hydrogens (tertiary/aromatic N) is 4. The average molecular weight is 469 g/mol. The standard InChI is InChI=1S/C24H22Cl2N4O2/c25-18-4-5-19(27-14-18)16-32-22-7-10-29(24(31)13-22)20-6-3-17-11-21(30(26)23(17)12-20)15-28-8-1-2-9-28/h3-7,10-14H,1-2,8-9,15-16H2. The van der Waals surface area contributed by atoms with Gasteiger partial charge in [0.2, 0.25) is 0 Å². The molecule has 4 aromatic rings. The monoisotopic (exact) mass is 468 g/mol. The van der Waals surface area contributed by atoms with Crippen LogP contribution in [-0.2, 0) is 13.2 Å². The first-order chi connectivity index (χ1) is 15.6. The van der Waals surface area contributed by atoms with Gasteiger partial charge in [0, 0.05) is 42.2 Å². The zero-order chi connectivity index (χ0) is 22.1. The summed E-state index contributed by atoms with van der Waals surface area (Å²) in [7, 11) is 0. The Morgan fingerprint density at radius 3 is 2.62 bits per heavy atom. The fraction of sp³-hybridized carbons (Fsp3) is 0.250. The highest BCUT2D eigenvalue weighted by atomic mass is 35.5. The number of hydrogen-bond acceptors (Lipinski definition) is 4. The van der Waals surface area contributed by atoms with Gasteiger partial charge in [0.25, 0.3) is 5.56 Å². The van der Waals surface area contributed by atoms with Gasteiger partial charge < -0.3 is 4.74 Å². The summed E-state index contributed by atoms with van der Waals surface area (Å²) in [6.45, 7) is 3.32. The van der Waals surface area contributed by atoms with Crippen LogP contribution in [0.3, 0.4) is 0 Å². The van der Waals surface area contributed by atoms with Gasteiger partial charge in [-0.3, -0.25) is 23.3 Å². The van der Waals surface area contributed by atoms with Gasteiger partial charge in [-0.2, -0.15) is 0 Å². The first-order valence-electron chi connectivity index (χ1n) is 10.6. The van der Waals surface area contributed by atoms with Crippen molar-refractivity contribution in [1.82, 2.24) is 18.5 Å². The molecule has 1 aromatic carbocycles. The number of rotatable bonds is 6. The topological polar surface area (TPSA) is 52.3 Å². The number of aromatic nitrogens is 3. The number of hydrogen-bond donors (Lipinski definition) is 0. The molecule has 1 aliphatic rings. The minimum absolute atomic E-state index is 0.184. The van der Waals surface area contributed by atoms with Gasteiger partial charge in [0.05, 0.1) is 27.6 Å². The van der Waals surface area contributed by atoms with E-state index in [1.807, 2.05) is 18.2 Å². The lowest BCUT2D eigenvalue weighted by Crippen LogP contribution is -2.19. The molecule has 6 nitrogen and oxygen atoms in total. The molecule has 5 rings (SSSR count). The summed E-state index contributed by atoms with van der Waals surface area (Å²) in [6.07, 6.45) is 5.76. The van der Waals surface area contributed by atoms with Crippen LogP contribution in [-0.4, -0.2) is 31.6 Å². The molecule has 8 heteroatoms. The molecule has 32 heavy (non-hydrogen) atoms. The predicted molar refractivity (Wildman–Crippen MR) is 127 cm³/mol. The van der Waals surface area contributed by atoms with Crippen LogP contribution in [0.15, 0.2) is 65.7 Å². The highest BCUT2D eigenvalue weighted by molar-refractivity contribution is 6.30. The van der Waals surface area contributed by atoms with Gasteiger partial charge in [-0.25, -0.2) is 0 Å². The van der Waals surface area contributed by atoms with Crippen molar-refractivity contribution in [3.8, 4) is 11.4 Å². The van der Waals surface area contributed by atoms with Crippen LogP contribution in [0.25, 0.3) is 16.6 Å². The number of ether oxygens (including phenoxy) is 1. The third-order valence-corrected chi connectivity index (χ3v) is 6.35. The van der Waals surface area contributed by atoms with Crippen molar-refractivity contribution >= 4 is 34.3 Å². The molecule has 0 N–H and O–H groups in total. The van der Waals surface area contributed by atoms with Crippen molar-refractivity contribution in [2.75, 3.05) is 13.1 Å². The predicted octanol–water partition coefficient (Wildman–Crippen LogP) is 5.02. The molecule has 4 heterocycles. The highest BCUT2D eigenvalue weighted by Crippen LogP contribution is 2.26. The summed E-state index contributed by atoms with van der Waals surface area (Å²) in [4.78, 5) is 19.4. The minimum atomic E-state index is -0.184.